The molecule has 1 aliphatic rings. The van der Waals surface area contributed by atoms with Crippen LogP contribution in [0.5, 0.6) is 11.5 Å². The predicted molar refractivity (Wildman–Crippen MR) is 123 cm³/mol. The van der Waals surface area contributed by atoms with Crippen LogP contribution >= 0.6 is 11.8 Å². The van der Waals surface area contributed by atoms with E-state index < -0.39 is 5.97 Å². The standard InChI is InChI=1S/C24H25NO6S/c1-4-29-22(26)15-31-19-9-7-18(8-10-19)14-21-23(27)25(24(28)32-21)11-12-30-20-13-16(2)5-6-17(20)3/h5-10,13-14H,4,11-12,15H2,1-3H3/b21-14-. The fourth-order valence-corrected chi connectivity index (χ4v) is 3.82. The average Bonchev–Trinajstić information content (AvgIpc) is 3.03. The van der Waals surface area contributed by atoms with Gasteiger partial charge in [0, 0.05) is 0 Å². The maximum Gasteiger partial charge on any atom is 0.344 e. The van der Waals surface area contributed by atoms with E-state index in [1.807, 2.05) is 32.0 Å². The lowest BCUT2D eigenvalue weighted by atomic mass is 10.1. The van der Waals surface area contributed by atoms with Crippen molar-refractivity contribution in [2.45, 2.75) is 20.8 Å². The number of carbonyl (C=O) groups excluding carboxylic acids is 3. The zero-order chi connectivity index (χ0) is 23.1. The van der Waals surface area contributed by atoms with Gasteiger partial charge < -0.3 is 14.2 Å². The Hall–Kier alpha value is -3.26. The minimum absolute atomic E-state index is 0.170. The molecule has 0 atom stereocenters. The summed E-state index contributed by atoms with van der Waals surface area (Å²) in [5.41, 5.74) is 2.82. The Morgan fingerprint density at radius 2 is 1.81 bits per heavy atom. The van der Waals surface area contributed by atoms with Crippen molar-refractivity contribution in [3.05, 3.63) is 64.1 Å². The van der Waals surface area contributed by atoms with Crippen molar-refractivity contribution in [3.63, 3.8) is 0 Å². The SMILES string of the molecule is CCOC(=O)COc1ccc(/C=C2\SC(=O)N(CCOc3cc(C)ccc3C)C2=O)cc1. The minimum Gasteiger partial charge on any atom is -0.491 e. The fraction of sp³-hybridized carbons (Fsp3) is 0.292. The zero-order valence-corrected chi connectivity index (χ0v) is 19.1. The van der Waals surface area contributed by atoms with Crippen LogP contribution in [0, 0.1) is 13.8 Å². The van der Waals surface area contributed by atoms with E-state index >= 15 is 0 Å². The molecule has 8 heteroatoms. The molecule has 1 aliphatic heterocycles. The van der Waals surface area contributed by atoms with Crippen molar-refractivity contribution in [2.24, 2.45) is 0 Å². The summed E-state index contributed by atoms with van der Waals surface area (Å²) in [5, 5.41) is -0.319. The highest BCUT2D eigenvalue weighted by molar-refractivity contribution is 8.18. The van der Waals surface area contributed by atoms with E-state index in [1.165, 1.54) is 4.90 Å². The van der Waals surface area contributed by atoms with E-state index in [0.29, 0.717) is 17.3 Å². The number of benzene rings is 2. The first kappa shape index (κ1) is 23.4. The molecule has 32 heavy (non-hydrogen) atoms. The predicted octanol–water partition coefficient (Wildman–Crippen LogP) is 4.36. The number of rotatable bonds is 9. The average molecular weight is 456 g/mol. The topological polar surface area (TPSA) is 82.1 Å². The Bertz CT molecular complexity index is 1030. The summed E-state index contributed by atoms with van der Waals surface area (Å²) < 4.78 is 15.9. The normalized spacial score (nSPS) is 14.7. The van der Waals surface area contributed by atoms with Crippen molar-refractivity contribution in [1.29, 1.82) is 0 Å². The van der Waals surface area contributed by atoms with E-state index in [4.69, 9.17) is 14.2 Å². The molecule has 0 saturated carbocycles. The highest BCUT2D eigenvalue weighted by Crippen LogP contribution is 2.32. The molecule has 0 bridgehead atoms. The summed E-state index contributed by atoms with van der Waals surface area (Å²) in [6, 6.07) is 12.8. The summed E-state index contributed by atoms with van der Waals surface area (Å²) in [4.78, 5) is 37.9. The van der Waals surface area contributed by atoms with Crippen molar-refractivity contribution in [1.82, 2.24) is 4.90 Å². The van der Waals surface area contributed by atoms with Gasteiger partial charge in [0.25, 0.3) is 11.1 Å². The van der Waals surface area contributed by atoms with Crippen LogP contribution in [0.3, 0.4) is 0 Å². The van der Waals surface area contributed by atoms with Crippen LogP contribution in [0.25, 0.3) is 6.08 Å². The molecule has 2 aromatic carbocycles. The van der Waals surface area contributed by atoms with Gasteiger partial charge in [-0.15, -0.1) is 0 Å². The highest BCUT2D eigenvalue weighted by atomic mass is 32.2. The monoisotopic (exact) mass is 455 g/mol. The maximum atomic E-state index is 12.7. The number of nitrogens with zero attached hydrogens (tertiary/aromatic N) is 1. The van der Waals surface area contributed by atoms with Crippen LogP contribution in [-0.2, 0) is 14.3 Å². The van der Waals surface area contributed by atoms with Crippen molar-refractivity contribution >= 4 is 35.0 Å². The van der Waals surface area contributed by atoms with Gasteiger partial charge in [0.2, 0.25) is 0 Å². The smallest absolute Gasteiger partial charge is 0.344 e. The Morgan fingerprint density at radius 1 is 1.06 bits per heavy atom. The number of aryl methyl sites for hydroxylation is 2. The van der Waals surface area contributed by atoms with E-state index in [2.05, 4.69) is 0 Å². The Labute approximate surface area is 191 Å². The van der Waals surface area contributed by atoms with Gasteiger partial charge in [-0.3, -0.25) is 14.5 Å². The van der Waals surface area contributed by atoms with E-state index in [1.54, 1.807) is 37.3 Å². The third-order valence-electron chi connectivity index (χ3n) is 4.63. The van der Waals surface area contributed by atoms with Gasteiger partial charge in [0.05, 0.1) is 18.1 Å². The van der Waals surface area contributed by atoms with Crippen molar-refractivity contribution in [2.75, 3.05) is 26.4 Å². The van der Waals surface area contributed by atoms with Crippen LogP contribution in [0.15, 0.2) is 47.4 Å². The van der Waals surface area contributed by atoms with Crippen LogP contribution in [0.1, 0.15) is 23.6 Å². The number of hydrogen-bond donors (Lipinski definition) is 0. The molecule has 2 amide bonds. The molecular weight excluding hydrogens is 430 g/mol. The van der Waals surface area contributed by atoms with Crippen LogP contribution < -0.4 is 9.47 Å². The number of thioether (sulfide) groups is 1. The maximum absolute atomic E-state index is 12.7. The van der Waals surface area contributed by atoms with Gasteiger partial charge >= 0.3 is 5.97 Å². The van der Waals surface area contributed by atoms with E-state index in [9.17, 15) is 14.4 Å². The molecule has 0 spiro atoms. The van der Waals surface area contributed by atoms with Gasteiger partial charge in [-0.25, -0.2) is 4.79 Å². The second-order valence-electron chi connectivity index (χ2n) is 7.11. The van der Waals surface area contributed by atoms with Crippen LogP contribution in [0.4, 0.5) is 4.79 Å². The lowest BCUT2D eigenvalue weighted by Crippen LogP contribution is -2.32. The van der Waals surface area contributed by atoms with Gasteiger partial charge in [-0.05, 0) is 73.5 Å². The minimum atomic E-state index is -0.438. The molecule has 7 nitrogen and oxygen atoms in total. The largest absolute Gasteiger partial charge is 0.491 e. The zero-order valence-electron chi connectivity index (χ0n) is 18.3. The number of esters is 1. The molecule has 0 radical (unpaired) electrons. The Morgan fingerprint density at radius 3 is 2.53 bits per heavy atom. The third kappa shape index (κ3) is 6.13. The summed E-state index contributed by atoms with van der Waals surface area (Å²) in [7, 11) is 0. The lowest BCUT2D eigenvalue weighted by molar-refractivity contribution is -0.145. The number of carbonyl (C=O) groups is 3. The first-order chi connectivity index (χ1) is 15.4. The van der Waals surface area contributed by atoms with Crippen molar-refractivity contribution in [3.8, 4) is 11.5 Å². The van der Waals surface area contributed by atoms with E-state index in [-0.39, 0.29) is 30.9 Å². The first-order valence-electron chi connectivity index (χ1n) is 10.2. The molecule has 0 aliphatic carbocycles. The quantitative estimate of drug-likeness (QED) is 0.410. The van der Waals surface area contributed by atoms with Gasteiger partial charge in [0.1, 0.15) is 18.1 Å². The summed E-state index contributed by atoms with van der Waals surface area (Å²) in [6.45, 7) is 6.19. The fourth-order valence-electron chi connectivity index (χ4n) is 2.96. The molecule has 1 heterocycles. The summed E-state index contributed by atoms with van der Waals surface area (Å²) in [6.07, 6.45) is 1.66. The van der Waals surface area contributed by atoms with E-state index in [0.717, 1.165) is 34.2 Å². The molecule has 0 aromatic heterocycles. The molecule has 1 saturated heterocycles. The van der Waals surface area contributed by atoms with Gasteiger partial charge in [-0.2, -0.15) is 0 Å². The first-order valence-corrected chi connectivity index (χ1v) is 11.0. The number of amides is 2. The number of imide groups is 1. The Kier molecular flexibility index (Phi) is 7.94. The highest BCUT2D eigenvalue weighted by Gasteiger charge is 2.34. The molecule has 168 valence electrons. The molecule has 1 fully saturated rings. The molecular formula is C24H25NO6S. The molecule has 0 N–H and O–H groups in total. The molecule has 0 unspecified atom stereocenters. The number of ether oxygens (including phenoxy) is 3. The Balaban J connectivity index is 1.56. The second-order valence-corrected chi connectivity index (χ2v) is 8.11. The second kappa shape index (κ2) is 10.9. The van der Waals surface area contributed by atoms with Crippen LogP contribution in [0.2, 0.25) is 0 Å². The van der Waals surface area contributed by atoms with Gasteiger partial charge in [0.15, 0.2) is 6.61 Å². The van der Waals surface area contributed by atoms with Crippen LogP contribution in [-0.4, -0.2) is 48.4 Å². The number of hydrogen-bond acceptors (Lipinski definition) is 7. The van der Waals surface area contributed by atoms with Gasteiger partial charge in [-0.1, -0.05) is 24.3 Å². The van der Waals surface area contributed by atoms with Crippen molar-refractivity contribution < 1.29 is 28.6 Å². The lowest BCUT2D eigenvalue weighted by Gasteiger charge is -2.14. The third-order valence-corrected chi connectivity index (χ3v) is 5.54. The summed E-state index contributed by atoms with van der Waals surface area (Å²) in [5.74, 6) is 0.476. The molecule has 3 rings (SSSR count). The summed E-state index contributed by atoms with van der Waals surface area (Å²) >= 11 is 0.903. The molecule has 2 aromatic rings.